The van der Waals surface area contributed by atoms with Crippen LogP contribution in [0.4, 0.5) is 14.5 Å². The summed E-state index contributed by atoms with van der Waals surface area (Å²) in [7, 11) is 3.35. The number of benzene rings is 1. The molecule has 1 atom stereocenters. The molecule has 2 heterocycles. The van der Waals surface area contributed by atoms with Crippen LogP contribution in [0.25, 0.3) is 0 Å². The minimum atomic E-state index is -0.572. The smallest absolute Gasteiger partial charge is 0.243 e. The van der Waals surface area contributed by atoms with Crippen molar-refractivity contribution in [2.24, 2.45) is 4.99 Å². The highest BCUT2D eigenvalue weighted by Crippen LogP contribution is 2.26. The van der Waals surface area contributed by atoms with Gasteiger partial charge in [-0.25, -0.2) is 13.8 Å². The number of nitrogens with one attached hydrogen (secondary N) is 2. The fourth-order valence-electron chi connectivity index (χ4n) is 3.27. The Hall–Kier alpha value is -3.10. The van der Waals surface area contributed by atoms with E-state index in [1.165, 1.54) is 23.1 Å². The number of carbonyl (C=O) groups is 1. The summed E-state index contributed by atoms with van der Waals surface area (Å²) < 4.78 is 33.5. The highest BCUT2D eigenvalue weighted by atomic mass is 19.1. The normalized spacial score (nSPS) is 16.6. The molecule has 1 aromatic carbocycles. The Bertz CT molecular complexity index is 850. The van der Waals surface area contributed by atoms with Crippen LogP contribution in [0.3, 0.4) is 0 Å². The largest absolute Gasteiger partial charge is 0.469 e. The van der Waals surface area contributed by atoms with Gasteiger partial charge < -0.3 is 24.9 Å². The third-order valence-electron chi connectivity index (χ3n) is 4.90. The monoisotopic (exact) mass is 419 g/mol. The van der Waals surface area contributed by atoms with Crippen LogP contribution >= 0.6 is 0 Å². The third-order valence-corrected chi connectivity index (χ3v) is 4.90. The lowest BCUT2D eigenvalue weighted by Crippen LogP contribution is -2.45. The van der Waals surface area contributed by atoms with E-state index in [9.17, 15) is 13.6 Å². The van der Waals surface area contributed by atoms with Crippen molar-refractivity contribution in [3.05, 3.63) is 54.0 Å². The second-order valence-corrected chi connectivity index (χ2v) is 7.36. The van der Waals surface area contributed by atoms with Gasteiger partial charge in [0.2, 0.25) is 5.91 Å². The predicted octanol–water partition coefficient (Wildman–Crippen LogP) is 2.00. The van der Waals surface area contributed by atoms with Crippen molar-refractivity contribution >= 4 is 17.6 Å². The summed E-state index contributed by atoms with van der Waals surface area (Å²) in [6, 6.07) is 7.53. The third kappa shape index (κ3) is 5.71. The highest BCUT2D eigenvalue weighted by Gasteiger charge is 2.27. The Kier molecular flexibility index (Phi) is 7.26. The van der Waals surface area contributed by atoms with Crippen LogP contribution in [0, 0.1) is 11.6 Å². The van der Waals surface area contributed by atoms with Crippen molar-refractivity contribution in [2.75, 3.05) is 45.2 Å². The maximum absolute atomic E-state index is 14.1. The molecule has 1 fully saturated rings. The topological polar surface area (TPSA) is 73.1 Å². The Labute approximate surface area is 174 Å². The number of aliphatic imine (C=N–C) groups is 1. The molecular formula is C21H27F2N5O2. The maximum Gasteiger partial charge on any atom is 0.243 e. The SMILES string of the molecule is CN(C)C(=O)CN=C(NCCc1ccco1)NC1CCN(c2c(F)cccc2F)C1. The molecule has 9 heteroatoms. The number of hydrogen-bond donors (Lipinski definition) is 2. The Morgan fingerprint density at radius 2 is 2.03 bits per heavy atom. The molecule has 1 unspecified atom stereocenters. The van der Waals surface area contributed by atoms with Crippen LogP contribution in [0.15, 0.2) is 46.0 Å². The van der Waals surface area contributed by atoms with Crippen LogP contribution in [-0.2, 0) is 11.2 Å². The molecule has 1 aliphatic heterocycles. The summed E-state index contributed by atoms with van der Waals surface area (Å²) in [5.74, 6) is 0.0601. The fourth-order valence-corrected chi connectivity index (χ4v) is 3.27. The molecule has 0 saturated carbocycles. The average molecular weight is 419 g/mol. The number of nitrogens with zero attached hydrogens (tertiary/aromatic N) is 3. The number of furan rings is 1. The molecule has 3 rings (SSSR count). The van der Waals surface area contributed by atoms with Gasteiger partial charge in [0.25, 0.3) is 0 Å². The zero-order valence-corrected chi connectivity index (χ0v) is 17.2. The van der Waals surface area contributed by atoms with Crippen LogP contribution < -0.4 is 15.5 Å². The number of likely N-dealkylation sites (N-methyl/N-ethyl adjacent to an activating group) is 1. The number of guanidine groups is 1. The number of para-hydroxylation sites is 1. The van der Waals surface area contributed by atoms with E-state index < -0.39 is 11.6 Å². The minimum Gasteiger partial charge on any atom is -0.469 e. The molecule has 7 nitrogen and oxygen atoms in total. The lowest BCUT2D eigenvalue weighted by atomic mass is 10.2. The van der Waals surface area contributed by atoms with Gasteiger partial charge in [-0.1, -0.05) is 6.07 Å². The molecule has 2 aromatic rings. The van der Waals surface area contributed by atoms with E-state index in [0.717, 1.165) is 5.76 Å². The summed E-state index contributed by atoms with van der Waals surface area (Å²) in [6.07, 6.45) is 2.97. The number of halogens is 2. The van der Waals surface area contributed by atoms with E-state index in [4.69, 9.17) is 4.42 Å². The Morgan fingerprint density at radius 1 is 1.27 bits per heavy atom. The van der Waals surface area contributed by atoms with E-state index in [1.807, 2.05) is 12.1 Å². The van der Waals surface area contributed by atoms with Crippen molar-refractivity contribution in [3.63, 3.8) is 0 Å². The number of carbonyl (C=O) groups excluding carboxylic acids is 1. The van der Waals surface area contributed by atoms with Gasteiger partial charge in [0, 0.05) is 46.2 Å². The van der Waals surface area contributed by atoms with Gasteiger partial charge in [0.05, 0.1) is 6.26 Å². The van der Waals surface area contributed by atoms with Gasteiger partial charge >= 0.3 is 0 Å². The van der Waals surface area contributed by atoms with Crippen LogP contribution in [-0.4, -0.2) is 63.1 Å². The van der Waals surface area contributed by atoms with Gasteiger partial charge in [-0.15, -0.1) is 0 Å². The lowest BCUT2D eigenvalue weighted by molar-refractivity contribution is -0.127. The van der Waals surface area contributed by atoms with Crippen molar-refractivity contribution in [1.82, 2.24) is 15.5 Å². The van der Waals surface area contributed by atoms with Gasteiger partial charge in [0.1, 0.15) is 29.6 Å². The zero-order chi connectivity index (χ0) is 21.5. The van der Waals surface area contributed by atoms with Crippen molar-refractivity contribution in [2.45, 2.75) is 18.9 Å². The first-order valence-electron chi connectivity index (χ1n) is 9.90. The molecule has 1 aromatic heterocycles. The zero-order valence-electron chi connectivity index (χ0n) is 17.2. The molecule has 0 aliphatic carbocycles. The molecule has 0 spiro atoms. The molecular weight excluding hydrogens is 392 g/mol. The summed E-state index contributed by atoms with van der Waals surface area (Å²) in [5.41, 5.74) is -0.00569. The summed E-state index contributed by atoms with van der Waals surface area (Å²) in [4.78, 5) is 19.4. The summed E-state index contributed by atoms with van der Waals surface area (Å²) in [5, 5.41) is 6.48. The predicted molar refractivity (Wildman–Crippen MR) is 112 cm³/mol. The fraction of sp³-hybridized carbons (Fsp3) is 0.429. The van der Waals surface area contributed by atoms with Gasteiger partial charge in [-0.3, -0.25) is 4.79 Å². The van der Waals surface area contributed by atoms with E-state index in [-0.39, 0.29) is 24.2 Å². The van der Waals surface area contributed by atoms with Crippen LogP contribution in [0.1, 0.15) is 12.2 Å². The molecule has 2 N–H and O–H groups in total. The van der Waals surface area contributed by atoms with Crippen LogP contribution in [0.2, 0.25) is 0 Å². The van der Waals surface area contributed by atoms with Gasteiger partial charge in [0.15, 0.2) is 5.96 Å². The Morgan fingerprint density at radius 3 is 2.70 bits per heavy atom. The molecule has 1 amide bonds. The quantitative estimate of drug-likeness (QED) is 0.531. The first kappa shape index (κ1) is 21.6. The minimum absolute atomic E-state index is 0.00145. The standard InChI is InChI=1S/C21H27F2N5O2/c1-27(2)19(29)13-25-21(24-10-8-16-5-4-12-30-16)26-15-9-11-28(14-15)20-17(22)6-3-7-18(20)23/h3-7,12,15H,8-11,13-14H2,1-2H3,(H2,24,25,26). The lowest BCUT2D eigenvalue weighted by Gasteiger charge is -2.21. The van der Waals surface area contributed by atoms with Crippen molar-refractivity contribution in [3.8, 4) is 0 Å². The number of anilines is 1. The molecule has 0 bridgehead atoms. The van der Waals surface area contributed by atoms with E-state index in [2.05, 4.69) is 15.6 Å². The average Bonchev–Trinajstić information content (AvgIpc) is 3.38. The van der Waals surface area contributed by atoms with Gasteiger partial charge in [-0.2, -0.15) is 0 Å². The molecule has 1 aliphatic rings. The van der Waals surface area contributed by atoms with Crippen molar-refractivity contribution in [1.29, 1.82) is 0 Å². The first-order chi connectivity index (χ1) is 14.4. The van der Waals surface area contributed by atoms with E-state index in [1.54, 1.807) is 25.3 Å². The molecule has 162 valence electrons. The van der Waals surface area contributed by atoms with E-state index in [0.29, 0.717) is 38.4 Å². The second kappa shape index (κ2) is 10.1. The molecule has 1 saturated heterocycles. The number of hydrogen-bond acceptors (Lipinski definition) is 4. The number of rotatable bonds is 7. The summed E-state index contributed by atoms with van der Waals surface area (Å²) >= 11 is 0. The Balaban J connectivity index is 1.61. The van der Waals surface area contributed by atoms with Gasteiger partial charge in [-0.05, 0) is 30.7 Å². The highest BCUT2D eigenvalue weighted by molar-refractivity contribution is 5.85. The van der Waals surface area contributed by atoms with Crippen LogP contribution in [0.5, 0.6) is 0 Å². The van der Waals surface area contributed by atoms with E-state index >= 15 is 0 Å². The molecule has 0 radical (unpaired) electrons. The maximum atomic E-state index is 14.1. The van der Waals surface area contributed by atoms with Crippen molar-refractivity contribution < 1.29 is 18.0 Å². The summed E-state index contributed by atoms with van der Waals surface area (Å²) in [6.45, 7) is 1.51. The molecule has 30 heavy (non-hydrogen) atoms. The number of amides is 1. The second-order valence-electron chi connectivity index (χ2n) is 7.36. The first-order valence-corrected chi connectivity index (χ1v) is 9.90.